The number of unbranched alkanes of at least 4 members (excludes halogenated alkanes) is 1. The molecule has 0 aromatic carbocycles. The van der Waals surface area contributed by atoms with E-state index in [0.717, 1.165) is 0 Å². The monoisotopic (exact) mass is 160 g/mol. The highest BCUT2D eigenvalue weighted by Gasteiger charge is 2.04. The van der Waals surface area contributed by atoms with Crippen molar-refractivity contribution in [1.82, 2.24) is 0 Å². The Bertz CT molecular complexity index is 73.7. The maximum Gasteiger partial charge on any atom is 0.174 e. The molecule has 0 fully saturated rings. The average Bonchev–Trinajstić information content (AvgIpc) is 1.82. The Kier molecular flexibility index (Phi) is 6.03. The number of hydrogen-bond donors (Lipinski definition) is 0. The maximum atomic E-state index is 5.69. The summed E-state index contributed by atoms with van der Waals surface area (Å²) in [4.78, 5) is 0. The number of hydrogen-bond acceptors (Lipinski definition) is 1. The van der Waals surface area contributed by atoms with Gasteiger partial charge in [0.1, 0.15) is 0 Å². The van der Waals surface area contributed by atoms with Crippen molar-refractivity contribution in [3.63, 3.8) is 0 Å². The van der Waals surface area contributed by atoms with Crippen LogP contribution in [0.25, 0.3) is 0 Å². The normalized spacial score (nSPS) is 14.1. The molecule has 0 spiro atoms. The predicted molar refractivity (Wildman–Crippen MR) is 48.9 cm³/mol. The lowest BCUT2D eigenvalue weighted by Crippen LogP contribution is -2.17. The van der Waals surface area contributed by atoms with Crippen molar-refractivity contribution in [3.8, 4) is 0 Å². The Morgan fingerprint density at radius 3 is 2.40 bits per heavy atom. The van der Waals surface area contributed by atoms with E-state index in [4.69, 9.17) is 4.43 Å². The standard InChI is InChI=1S/C8H20OSi/c1-5-6-7-10(4)9-8(2)3/h8,10H,5-7H2,1-4H3. The van der Waals surface area contributed by atoms with Crippen LogP contribution in [0.15, 0.2) is 0 Å². The summed E-state index contributed by atoms with van der Waals surface area (Å²) in [5.74, 6) is 0. The zero-order valence-corrected chi connectivity index (χ0v) is 8.84. The van der Waals surface area contributed by atoms with Crippen LogP contribution in [-0.2, 0) is 4.43 Å². The van der Waals surface area contributed by atoms with Crippen LogP contribution in [0.2, 0.25) is 12.6 Å². The Labute approximate surface area is 66.5 Å². The van der Waals surface area contributed by atoms with E-state index in [1.54, 1.807) is 0 Å². The molecule has 0 aromatic heterocycles. The van der Waals surface area contributed by atoms with Crippen molar-refractivity contribution in [3.05, 3.63) is 0 Å². The highest BCUT2D eigenvalue weighted by Crippen LogP contribution is 2.04. The molecule has 0 aliphatic heterocycles. The first-order valence-electron chi connectivity index (χ1n) is 4.32. The largest absolute Gasteiger partial charge is 0.418 e. The van der Waals surface area contributed by atoms with Crippen molar-refractivity contribution in [2.45, 2.75) is 52.3 Å². The molecule has 2 heteroatoms. The van der Waals surface area contributed by atoms with Gasteiger partial charge in [-0.25, -0.2) is 0 Å². The highest BCUT2D eigenvalue weighted by atomic mass is 28.3. The first-order valence-corrected chi connectivity index (χ1v) is 6.76. The van der Waals surface area contributed by atoms with Crippen molar-refractivity contribution in [2.75, 3.05) is 0 Å². The zero-order valence-electron chi connectivity index (χ0n) is 7.68. The average molecular weight is 160 g/mol. The van der Waals surface area contributed by atoms with E-state index in [1.165, 1.54) is 18.9 Å². The van der Waals surface area contributed by atoms with Crippen LogP contribution in [0.3, 0.4) is 0 Å². The molecule has 0 rings (SSSR count). The summed E-state index contributed by atoms with van der Waals surface area (Å²) in [7, 11) is -0.778. The minimum absolute atomic E-state index is 0.443. The van der Waals surface area contributed by atoms with Gasteiger partial charge in [0.15, 0.2) is 9.04 Å². The van der Waals surface area contributed by atoms with Gasteiger partial charge in [-0.1, -0.05) is 19.8 Å². The zero-order chi connectivity index (χ0) is 7.98. The Morgan fingerprint density at radius 2 is 2.00 bits per heavy atom. The maximum absolute atomic E-state index is 5.69. The fourth-order valence-corrected chi connectivity index (χ4v) is 3.07. The Balaban J connectivity index is 3.16. The molecule has 0 aromatic rings. The van der Waals surface area contributed by atoms with Crippen LogP contribution in [0.5, 0.6) is 0 Å². The topological polar surface area (TPSA) is 9.23 Å². The van der Waals surface area contributed by atoms with Crippen molar-refractivity contribution in [1.29, 1.82) is 0 Å². The first kappa shape index (κ1) is 10.2. The van der Waals surface area contributed by atoms with Crippen molar-refractivity contribution < 1.29 is 4.43 Å². The molecule has 0 saturated heterocycles. The van der Waals surface area contributed by atoms with Gasteiger partial charge in [0.05, 0.1) is 0 Å². The van der Waals surface area contributed by atoms with Gasteiger partial charge in [-0.2, -0.15) is 0 Å². The van der Waals surface area contributed by atoms with Crippen LogP contribution in [-0.4, -0.2) is 15.1 Å². The summed E-state index contributed by atoms with van der Waals surface area (Å²) in [6, 6.07) is 1.34. The molecule has 0 aliphatic carbocycles. The van der Waals surface area contributed by atoms with Gasteiger partial charge >= 0.3 is 0 Å². The molecule has 0 N–H and O–H groups in total. The Morgan fingerprint density at radius 1 is 1.40 bits per heavy atom. The lowest BCUT2D eigenvalue weighted by atomic mass is 10.4. The van der Waals surface area contributed by atoms with Crippen LogP contribution in [0.4, 0.5) is 0 Å². The van der Waals surface area contributed by atoms with Crippen LogP contribution in [0.1, 0.15) is 33.6 Å². The molecule has 0 radical (unpaired) electrons. The van der Waals surface area contributed by atoms with Gasteiger partial charge in [0, 0.05) is 6.10 Å². The van der Waals surface area contributed by atoms with E-state index in [9.17, 15) is 0 Å². The second kappa shape index (κ2) is 5.92. The lowest BCUT2D eigenvalue weighted by molar-refractivity contribution is 0.244. The smallest absolute Gasteiger partial charge is 0.174 e. The van der Waals surface area contributed by atoms with Crippen molar-refractivity contribution >= 4 is 9.04 Å². The van der Waals surface area contributed by atoms with E-state index in [0.29, 0.717) is 6.10 Å². The van der Waals surface area contributed by atoms with Gasteiger partial charge in [0.2, 0.25) is 0 Å². The molecular formula is C8H20OSi. The van der Waals surface area contributed by atoms with E-state index < -0.39 is 9.04 Å². The fourth-order valence-electron chi connectivity index (χ4n) is 1.02. The second-order valence-electron chi connectivity index (χ2n) is 3.14. The molecule has 1 nitrogen and oxygen atoms in total. The second-order valence-corrected chi connectivity index (χ2v) is 5.61. The van der Waals surface area contributed by atoms with Crippen LogP contribution >= 0.6 is 0 Å². The van der Waals surface area contributed by atoms with Crippen LogP contribution < -0.4 is 0 Å². The first-order chi connectivity index (χ1) is 4.66. The molecule has 62 valence electrons. The quantitative estimate of drug-likeness (QED) is 0.562. The van der Waals surface area contributed by atoms with E-state index >= 15 is 0 Å². The summed E-state index contributed by atoms with van der Waals surface area (Å²) < 4.78 is 5.69. The molecule has 10 heavy (non-hydrogen) atoms. The van der Waals surface area contributed by atoms with E-state index in [-0.39, 0.29) is 0 Å². The Hall–Kier alpha value is 0.177. The van der Waals surface area contributed by atoms with Gasteiger partial charge in [-0.05, 0) is 26.4 Å². The van der Waals surface area contributed by atoms with Crippen LogP contribution in [0, 0.1) is 0 Å². The minimum Gasteiger partial charge on any atom is -0.418 e. The molecule has 1 atom stereocenters. The summed E-state index contributed by atoms with van der Waals surface area (Å²) in [6.07, 6.45) is 3.09. The summed E-state index contributed by atoms with van der Waals surface area (Å²) in [5, 5.41) is 0. The molecule has 1 unspecified atom stereocenters. The third kappa shape index (κ3) is 6.30. The lowest BCUT2D eigenvalue weighted by Gasteiger charge is -2.13. The summed E-state index contributed by atoms with van der Waals surface area (Å²) in [6.45, 7) is 8.76. The van der Waals surface area contributed by atoms with Crippen molar-refractivity contribution in [2.24, 2.45) is 0 Å². The third-order valence-corrected chi connectivity index (χ3v) is 3.70. The molecule has 0 saturated carbocycles. The summed E-state index contributed by atoms with van der Waals surface area (Å²) in [5.41, 5.74) is 0. The minimum atomic E-state index is -0.778. The fraction of sp³-hybridized carbons (Fsp3) is 1.00. The molecule has 0 aliphatic rings. The van der Waals surface area contributed by atoms with E-state index in [1.807, 2.05) is 0 Å². The van der Waals surface area contributed by atoms with Gasteiger partial charge < -0.3 is 4.43 Å². The number of rotatable bonds is 5. The van der Waals surface area contributed by atoms with E-state index in [2.05, 4.69) is 27.3 Å². The SMILES string of the molecule is CCCC[SiH](C)OC(C)C. The van der Waals surface area contributed by atoms with Gasteiger partial charge in [0.25, 0.3) is 0 Å². The predicted octanol–water partition coefficient (Wildman–Crippen LogP) is 2.57. The third-order valence-electron chi connectivity index (χ3n) is 1.47. The van der Waals surface area contributed by atoms with Gasteiger partial charge in [-0.3, -0.25) is 0 Å². The highest BCUT2D eigenvalue weighted by molar-refractivity contribution is 6.50. The molecule has 0 heterocycles. The molecule has 0 amide bonds. The van der Waals surface area contributed by atoms with Gasteiger partial charge in [-0.15, -0.1) is 0 Å². The molecular weight excluding hydrogens is 140 g/mol. The summed E-state index contributed by atoms with van der Waals surface area (Å²) >= 11 is 0. The molecule has 0 bridgehead atoms.